The molecule has 3 rings (SSSR count). The Morgan fingerprint density at radius 1 is 1.25 bits per heavy atom. The smallest absolute Gasteiger partial charge is 0.252 e. The standard InChI is InChI=1S/C21H19ClN2O4/c22-17-4-5-19(26)16(10-17)11-18(25)9-14-2-1-3-15(8-14)20(27)24-21(12-23)6-7-28-13-21/h1-5,8,10,26H,6-7,9,11,13H2,(H,24,27). The van der Waals surface area contributed by atoms with E-state index in [-0.39, 0.29) is 36.9 Å². The number of nitrogens with zero attached hydrogens (tertiary/aromatic N) is 1. The fourth-order valence-electron chi connectivity index (χ4n) is 3.09. The summed E-state index contributed by atoms with van der Waals surface area (Å²) in [6, 6.07) is 13.4. The van der Waals surface area contributed by atoms with Crippen molar-refractivity contribution in [2.24, 2.45) is 0 Å². The first-order valence-electron chi connectivity index (χ1n) is 8.80. The number of ketones is 1. The summed E-state index contributed by atoms with van der Waals surface area (Å²) < 4.78 is 5.23. The maximum Gasteiger partial charge on any atom is 0.252 e. The van der Waals surface area contributed by atoms with Crippen LogP contribution >= 0.6 is 11.6 Å². The topological polar surface area (TPSA) is 99.4 Å². The predicted molar refractivity (Wildman–Crippen MR) is 103 cm³/mol. The molecule has 1 unspecified atom stereocenters. The Kier molecular flexibility index (Phi) is 5.98. The van der Waals surface area contributed by atoms with Crippen LogP contribution in [0.2, 0.25) is 5.02 Å². The Morgan fingerprint density at radius 3 is 2.79 bits per heavy atom. The number of aromatic hydroxyl groups is 1. The number of benzene rings is 2. The van der Waals surface area contributed by atoms with E-state index in [4.69, 9.17) is 16.3 Å². The van der Waals surface area contributed by atoms with Crippen molar-refractivity contribution in [2.45, 2.75) is 24.8 Å². The number of phenolic OH excluding ortho intramolecular Hbond substituents is 1. The zero-order valence-corrected chi connectivity index (χ0v) is 15.8. The SMILES string of the molecule is N#CC1(NC(=O)c2cccc(CC(=O)Cc3cc(Cl)ccc3O)c2)CCOC1. The van der Waals surface area contributed by atoms with Gasteiger partial charge < -0.3 is 15.2 Å². The number of amides is 1. The fraction of sp³-hybridized carbons (Fsp3) is 0.286. The lowest BCUT2D eigenvalue weighted by Gasteiger charge is -2.20. The van der Waals surface area contributed by atoms with Crippen LogP contribution in [0.3, 0.4) is 0 Å². The number of rotatable bonds is 6. The summed E-state index contributed by atoms with van der Waals surface area (Å²) in [5, 5.41) is 22.4. The molecule has 1 aliphatic rings. The van der Waals surface area contributed by atoms with Gasteiger partial charge in [-0.1, -0.05) is 23.7 Å². The van der Waals surface area contributed by atoms with E-state index in [9.17, 15) is 20.0 Å². The summed E-state index contributed by atoms with van der Waals surface area (Å²) in [5.41, 5.74) is 0.501. The maximum atomic E-state index is 12.5. The van der Waals surface area contributed by atoms with E-state index in [1.807, 2.05) is 0 Å². The van der Waals surface area contributed by atoms with Crippen LogP contribution in [0.15, 0.2) is 42.5 Å². The van der Waals surface area contributed by atoms with Gasteiger partial charge in [0, 0.05) is 35.4 Å². The van der Waals surface area contributed by atoms with Gasteiger partial charge >= 0.3 is 0 Å². The van der Waals surface area contributed by atoms with Gasteiger partial charge in [-0.2, -0.15) is 5.26 Å². The van der Waals surface area contributed by atoms with Crippen LogP contribution in [0.25, 0.3) is 0 Å². The second-order valence-corrected chi connectivity index (χ2v) is 7.25. The van der Waals surface area contributed by atoms with Gasteiger partial charge in [0.15, 0.2) is 5.54 Å². The average molecular weight is 399 g/mol. The minimum Gasteiger partial charge on any atom is -0.508 e. The lowest BCUT2D eigenvalue weighted by Crippen LogP contribution is -2.47. The van der Waals surface area contributed by atoms with Crippen molar-refractivity contribution >= 4 is 23.3 Å². The minimum absolute atomic E-state index is 0.0199. The van der Waals surface area contributed by atoms with Crippen molar-refractivity contribution < 1.29 is 19.4 Å². The number of hydrogen-bond donors (Lipinski definition) is 2. The number of carbonyl (C=O) groups excluding carboxylic acids is 2. The molecule has 1 saturated heterocycles. The van der Waals surface area contributed by atoms with Gasteiger partial charge in [0.05, 0.1) is 19.3 Å². The Balaban J connectivity index is 1.67. The van der Waals surface area contributed by atoms with Gasteiger partial charge in [-0.25, -0.2) is 0 Å². The lowest BCUT2D eigenvalue weighted by molar-refractivity contribution is -0.117. The van der Waals surface area contributed by atoms with Crippen LogP contribution in [0.1, 0.15) is 27.9 Å². The average Bonchev–Trinajstić information content (AvgIpc) is 3.14. The van der Waals surface area contributed by atoms with Gasteiger partial charge in [0.2, 0.25) is 0 Å². The largest absolute Gasteiger partial charge is 0.508 e. The van der Waals surface area contributed by atoms with E-state index < -0.39 is 5.54 Å². The second kappa shape index (κ2) is 8.42. The molecule has 1 fully saturated rings. The molecule has 6 nitrogen and oxygen atoms in total. The van der Waals surface area contributed by atoms with Gasteiger partial charge in [-0.05, 0) is 35.9 Å². The molecule has 2 aromatic carbocycles. The summed E-state index contributed by atoms with van der Waals surface area (Å²) >= 11 is 5.91. The van der Waals surface area contributed by atoms with Gasteiger partial charge in [0.1, 0.15) is 11.5 Å². The van der Waals surface area contributed by atoms with Crippen LogP contribution in [0.5, 0.6) is 5.75 Å². The van der Waals surface area contributed by atoms with Crippen molar-refractivity contribution in [1.29, 1.82) is 5.26 Å². The summed E-state index contributed by atoms with van der Waals surface area (Å²) in [6.07, 6.45) is 0.591. The number of nitriles is 1. The third-order valence-corrected chi connectivity index (χ3v) is 4.84. The number of phenols is 1. The van der Waals surface area contributed by atoms with Gasteiger partial charge in [-0.15, -0.1) is 0 Å². The third-order valence-electron chi connectivity index (χ3n) is 4.61. The molecule has 1 heterocycles. The Bertz CT molecular complexity index is 946. The highest BCUT2D eigenvalue weighted by Crippen LogP contribution is 2.23. The van der Waals surface area contributed by atoms with E-state index in [1.165, 1.54) is 6.07 Å². The lowest BCUT2D eigenvalue weighted by atomic mass is 9.98. The molecule has 2 N–H and O–H groups in total. The third kappa shape index (κ3) is 4.69. The van der Waals surface area contributed by atoms with Crippen molar-refractivity contribution in [3.05, 3.63) is 64.2 Å². The molecule has 0 bridgehead atoms. The highest BCUT2D eigenvalue weighted by Gasteiger charge is 2.36. The normalized spacial score (nSPS) is 18.4. The summed E-state index contributed by atoms with van der Waals surface area (Å²) in [4.78, 5) is 24.9. The van der Waals surface area contributed by atoms with Crippen molar-refractivity contribution in [3.63, 3.8) is 0 Å². The summed E-state index contributed by atoms with van der Waals surface area (Å²) in [6.45, 7) is 0.593. The zero-order valence-electron chi connectivity index (χ0n) is 15.1. The maximum absolute atomic E-state index is 12.5. The Hall–Kier alpha value is -2.88. The molecule has 1 atom stereocenters. The minimum atomic E-state index is -1.01. The van der Waals surface area contributed by atoms with Crippen molar-refractivity contribution in [3.8, 4) is 11.8 Å². The molecule has 0 radical (unpaired) electrons. The van der Waals surface area contributed by atoms with E-state index in [1.54, 1.807) is 36.4 Å². The Labute approximate surface area is 167 Å². The van der Waals surface area contributed by atoms with E-state index in [0.717, 1.165) is 0 Å². The molecule has 0 spiro atoms. The highest BCUT2D eigenvalue weighted by molar-refractivity contribution is 6.30. The monoisotopic (exact) mass is 398 g/mol. The molecule has 0 saturated carbocycles. The molecule has 1 amide bonds. The first-order valence-corrected chi connectivity index (χ1v) is 9.18. The fourth-order valence-corrected chi connectivity index (χ4v) is 3.28. The van der Waals surface area contributed by atoms with E-state index in [0.29, 0.717) is 34.7 Å². The van der Waals surface area contributed by atoms with E-state index >= 15 is 0 Å². The van der Waals surface area contributed by atoms with Crippen LogP contribution in [-0.2, 0) is 22.4 Å². The predicted octanol–water partition coefficient (Wildman–Crippen LogP) is 2.81. The van der Waals surface area contributed by atoms with Crippen molar-refractivity contribution in [1.82, 2.24) is 5.32 Å². The number of carbonyl (C=O) groups is 2. The highest BCUT2D eigenvalue weighted by atomic mass is 35.5. The molecule has 28 heavy (non-hydrogen) atoms. The number of Topliss-reactive ketones (excluding diaryl/α,β-unsaturated/α-hetero) is 1. The molecule has 7 heteroatoms. The van der Waals surface area contributed by atoms with Crippen LogP contribution in [0.4, 0.5) is 0 Å². The van der Waals surface area contributed by atoms with Crippen LogP contribution < -0.4 is 5.32 Å². The van der Waals surface area contributed by atoms with Crippen molar-refractivity contribution in [2.75, 3.05) is 13.2 Å². The first kappa shape index (κ1) is 19.9. The molecule has 144 valence electrons. The van der Waals surface area contributed by atoms with Gasteiger partial charge in [-0.3, -0.25) is 9.59 Å². The van der Waals surface area contributed by atoms with Crippen LogP contribution in [0, 0.1) is 11.3 Å². The molecular weight excluding hydrogens is 380 g/mol. The molecular formula is C21H19ClN2O4. The summed E-state index contributed by atoms with van der Waals surface area (Å²) in [5.74, 6) is -0.479. The molecule has 0 aliphatic carbocycles. The summed E-state index contributed by atoms with van der Waals surface area (Å²) in [7, 11) is 0. The first-order chi connectivity index (χ1) is 13.4. The zero-order chi connectivity index (χ0) is 20.1. The second-order valence-electron chi connectivity index (χ2n) is 6.82. The quantitative estimate of drug-likeness (QED) is 0.779. The van der Waals surface area contributed by atoms with E-state index in [2.05, 4.69) is 11.4 Å². The molecule has 1 aliphatic heterocycles. The number of halogens is 1. The number of ether oxygens (including phenoxy) is 1. The van der Waals surface area contributed by atoms with Crippen LogP contribution in [-0.4, -0.2) is 35.5 Å². The number of nitrogens with one attached hydrogen (secondary N) is 1. The Morgan fingerprint density at radius 2 is 2.07 bits per heavy atom. The molecule has 2 aromatic rings. The number of hydrogen-bond acceptors (Lipinski definition) is 5. The van der Waals surface area contributed by atoms with Gasteiger partial charge in [0.25, 0.3) is 5.91 Å². The molecule has 0 aromatic heterocycles.